The van der Waals surface area contributed by atoms with E-state index in [-0.39, 0.29) is 24.8 Å². The van der Waals surface area contributed by atoms with Crippen LogP contribution >= 0.6 is 11.6 Å². The minimum atomic E-state index is -0.474. The zero-order valence-corrected chi connectivity index (χ0v) is 14.9. The van der Waals surface area contributed by atoms with Crippen molar-refractivity contribution in [1.29, 1.82) is 0 Å². The number of rotatable bonds is 3. The largest absolute Gasteiger partial charge is 0.423 e. The van der Waals surface area contributed by atoms with E-state index in [1.54, 1.807) is 53.4 Å². The highest BCUT2D eigenvalue weighted by Gasteiger charge is 2.35. The Labute approximate surface area is 159 Å². The number of fused-ring (bicyclic) bond motifs is 1. The molecule has 1 atom stereocenters. The topological polar surface area (TPSA) is 79.6 Å². The van der Waals surface area contributed by atoms with Gasteiger partial charge in [-0.2, -0.15) is 0 Å². The van der Waals surface area contributed by atoms with Gasteiger partial charge < -0.3 is 14.6 Å². The number of carbonyl (C=O) groups is 2. The summed E-state index contributed by atoms with van der Waals surface area (Å²) in [5, 5.41) is 4.00. The van der Waals surface area contributed by atoms with E-state index in [0.29, 0.717) is 27.4 Å². The van der Waals surface area contributed by atoms with Gasteiger partial charge in [-0.15, -0.1) is 0 Å². The summed E-state index contributed by atoms with van der Waals surface area (Å²) in [5.41, 5.74) is 1.20. The summed E-state index contributed by atoms with van der Waals surface area (Å²) in [6.45, 7) is 0.275. The predicted octanol–water partition coefficient (Wildman–Crippen LogP) is 3.44. The predicted molar refractivity (Wildman–Crippen MR) is 103 cm³/mol. The highest BCUT2D eigenvalue weighted by atomic mass is 35.5. The number of anilines is 2. The molecule has 6 nitrogen and oxygen atoms in total. The first kappa shape index (κ1) is 17.3. The fourth-order valence-electron chi connectivity index (χ4n) is 3.18. The maximum Gasteiger partial charge on any atom is 0.336 e. The lowest BCUT2D eigenvalue weighted by Gasteiger charge is -2.18. The highest BCUT2D eigenvalue weighted by Crippen LogP contribution is 2.31. The molecule has 0 aliphatic carbocycles. The molecule has 0 bridgehead atoms. The van der Waals surface area contributed by atoms with Crippen molar-refractivity contribution < 1.29 is 14.0 Å². The molecular formula is C20H15ClN2O4. The Bertz CT molecular complexity index is 1110. The van der Waals surface area contributed by atoms with Crippen LogP contribution in [0.4, 0.5) is 11.4 Å². The van der Waals surface area contributed by atoms with E-state index in [0.717, 1.165) is 0 Å². The van der Waals surface area contributed by atoms with Crippen molar-refractivity contribution in [2.24, 2.45) is 5.92 Å². The van der Waals surface area contributed by atoms with Gasteiger partial charge in [-0.25, -0.2) is 4.79 Å². The SMILES string of the molecule is O=C(Nc1ccc2oc(=O)ccc2c1)[C@@H]1CC(=O)N(c2ccccc2Cl)C1. The summed E-state index contributed by atoms with van der Waals surface area (Å²) in [7, 11) is 0. The number of hydrogen-bond donors (Lipinski definition) is 1. The van der Waals surface area contributed by atoms with Crippen LogP contribution in [0.15, 0.2) is 63.8 Å². The first-order valence-corrected chi connectivity index (χ1v) is 8.79. The van der Waals surface area contributed by atoms with Gasteiger partial charge in [0.1, 0.15) is 5.58 Å². The molecule has 2 amide bonds. The summed E-state index contributed by atoms with van der Waals surface area (Å²) in [6.07, 6.45) is 0.125. The third kappa shape index (κ3) is 3.44. The Morgan fingerprint density at radius 3 is 2.74 bits per heavy atom. The molecule has 27 heavy (non-hydrogen) atoms. The Balaban J connectivity index is 1.50. The third-order valence-corrected chi connectivity index (χ3v) is 4.85. The Morgan fingerprint density at radius 1 is 1.11 bits per heavy atom. The summed E-state index contributed by atoms with van der Waals surface area (Å²) in [5.74, 6) is -0.851. The van der Waals surface area contributed by atoms with Crippen molar-refractivity contribution in [2.45, 2.75) is 6.42 Å². The van der Waals surface area contributed by atoms with Gasteiger partial charge in [0.2, 0.25) is 11.8 Å². The second-order valence-electron chi connectivity index (χ2n) is 6.35. The second kappa shape index (κ2) is 6.89. The molecule has 2 heterocycles. The molecule has 1 aliphatic rings. The van der Waals surface area contributed by atoms with Crippen molar-refractivity contribution >= 4 is 45.8 Å². The van der Waals surface area contributed by atoms with E-state index in [1.807, 2.05) is 0 Å². The Kier molecular flexibility index (Phi) is 4.41. The van der Waals surface area contributed by atoms with Crippen LogP contribution in [0.1, 0.15) is 6.42 Å². The summed E-state index contributed by atoms with van der Waals surface area (Å²) >= 11 is 6.17. The van der Waals surface area contributed by atoms with Crippen LogP contribution in [0.5, 0.6) is 0 Å². The Hall–Kier alpha value is -3.12. The van der Waals surface area contributed by atoms with Gasteiger partial charge in [-0.3, -0.25) is 9.59 Å². The zero-order valence-electron chi connectivity index (χ0n) is 14.1. The quantitative estimate of drug-likeness (QED) is 0.704. The normalized spacial score (nSPS) is 16.7. The Morgan fingerprint density at radius 2 is 1.93 bits per heavy atom. The number of nitrogens with zero attached hydrogens (tertiary/aromatic N) is 1. The average molecular weight is 383 g/mol. The maximum absolute atomic E-state index is 12.6. The lowest BCUT2D eigenvalue weighted by Crippen LogP contribution is -2.28. The van der Waals surface area contributed by atoms with Crippen LogP contribution in [0.3, 0.4) is 0 Å². The highest BCUT2D eigenvalue weighted by molar-refractivity contribution is 6.33. The number of halogens is 1. The lowest BCUT2D eigenvalue weighted by atomic mass is 10.1. The van der Waals surface area contributed by atoms with Crippen LogP contribution in [-0.4, -0.2) is 18.4 Å². The van der Waals surface area contributed by atoms with E-state index < -0.39 is 11.5 Å². The number of carbonyl (C=O) groups excluding carboxylic acids is 2. The number of nitrogens with one attached hydrogen (secondary N) is 1. The van der Waals surface area contributed by atoms with Crippen molar-refractivity contribution in [3.8, 4) is 0 Å². The van der Waals surface area contributed by atoms with E-state index in [1.165, 1.54) is 6.07 Å². The monoisotopic (exact) mass is 382 g/mol. The second-order valence-corrected chi connectivity index (χ2v) is 6.76. The van der Waals surface area contributed by atoms with E-state index in [4.69, 9.17) is 16.0 Å². The van der Waals surface area contributed by atoms with Crippen molar-refractivity contribution in [1.82, 2.24) is 0 Å². The van der Waals surface area contributed by atoms with Gasteiger partial charge >= 0.3 is 5.63 Å². The van der Waals surface area contributed by atoms with Crippen LogP contribution in [0.25, 0.3) is 11.0 Å². The van der Waals surface area contributed by atoms with Crippen molar-refractivity contribution in [3.05, 3.63) is 70.0 Å². The van der Waals surface area contributed by atoms with Gasteiger partial charge in [-0.1, -0.05) is 23.7 Å². The molecule has 1 N–H and O–H groups in total. The first-order chi connectivity index (χ1) is 13.0. The fourth-order valence-corrected chi connectivity index (χ4v) is 3.42. The maximum atomic E-state index is 12.6. The smallest absolute Gasteiger partial charge is 0.336 e. The lowest BCUT2D eigenvalue weighted by molar-refractivity contribution is -0.122. The van der Waals surface area contributed by atoms with Gasteiger partial charge in [0.05, 0.1) is 16.6 Å². The van der Waals surface area contributed by atoms with Gasteiger partial charge in [0, 0.05) is 30.1 Å². The van der Waals surface area contributed by atoms with Crippen LogP contribution in [0.2, 0.25) is 5.02 Å². The van der Waals surface area contributed by atoms with Crippen molar-refractivity contribution in [2.75, 3.05) is 16.8 Å². The molecule has 0 saturated carbocycles. The molecule has 4 rings (SSSR count). The molecule has 3 aromatic rings. The number of hydrogen-bond acceptors (Lipinski definition) is 4. The van der Waals surface area contributed by atoms with Gasteiger partial charge in [0.25, 0.3) is 0 Å². The first-order valence-electron chi connectivity index (χ1n) is 8.41. The van der Waals surface area contributed by atoms with E-state index in [2.05, 4.69) is 5.32 Å². The van der Waals surface area contributed by atoms with E-state index in [9.17, 15) is 14.4 Å². The molecule has 0 radical (unpaired) electrons. The molecule has 0 unspecified atom stereocenters. The zero-order chi connectivity index (χ0) is 19.0. The average Bonchev–Trinajstić information content (AvgIpc) is 3.04. The minimum Gasteiger partial charge on any atom is -0.423 e. The van der Waals surface area contributed by atoms with Crippen LogP contribution in [-0.2, 0) is 9.59 Å². The number of para-hydroxylation sites is 1. The molecule has 7 heteroatoms. The molecule has 1 fully saturated rings. The summed E-state index contributed by atoms with van der Waals surface area (Å²) in [4.78, 5) is 37.7. The molecule has 0 spiro atoms. The fraction of sp³-hybridized carbons (Fsp3) is 0.150. The molecule has 136 valence electrons. The summed E-state index contributed by atoms with van der Waals surface area (Å²) < 4.78 is 5.08. The molecule has 1 saturated heterocycles. The van der Waals surface area contributed by atoms with Crippen LogP contribution < -0.4 is 15.8 Å². The minimum absolute atomic E-state index is 0.125. The third-order valence-electron chi connectivity index (χ3n) is 4.53. The summed E-state index contributed by atoms with van der Waals surface area (Å²) in [6, 6.07) is 15.0. The molecular weight excluding hydrogens is 368 g/mol. The number of benzene rings is 2. The van der Waals surface area contributed by atoms with E-state index >= 15 is 0 Å². The standard InChI is InChI=1S/C20H15ClN2O4/c21-15-3-1-2-4-16(15)23-11-13(10-18(23)24)20(26)22-14-6-7-17-12(9-14)5-8-19(25)27-17/h1-9,13H,10-11H2,(H,22,26)/t13-/m1/s1. The molecule has 1 aromatic heterocycles. The van der Waals surface area contributed by atoms with Gasteiger partial charge in [-0.05, 0) is 36.4 Å². The van der Waals surface area contributed by atoms with Crippen molar-refractivity contribution in [3.63, 3.8) is 0 Å². The molecule has 2 aromatic carbocycles. The number of amides is 2. The molecule has 1 aliphatic heterocycles. The van der Waals surface area contributed by atoms with Crippen LogP contribution in [0, 0.1) is 5.92 Å². The van der Waals surface area contributed by atoms with Gasteiger partial charge in [0.15, 0.2) is 0 Å².